The van der Waals surface area contributed by atoms with Gasteiger partial charge in [-0.2, -0.15) is 0 Å². The standard InChI is InChI=1S/C20H20N2O3/c1-22-18-9-4-3-8-16(18)17(13-19(22)23)20(24)21-11-10-14-6-5-7-15(12-14)25-2/h3-9,12-13H,10-11H2,1-2H3,(H,21,24). The van der Waals surface area contributed by atoms with Crippen LogP contribution < -0.4 is 15.6 Å². The molecule has 1 amide bonds. The van der Waals surface area contributed by atoms with E-state index in [9.17, 15) is 9.59 Å². The van der Waals surface area contributed by atoms with Gasteiger partial charge in [0, 0.05) is 25.0 Å². The fourth-order valence-electron chi connectivity index (χ4n) is 2.84. The lowest BCUT2D eigenvalue weighted by atomic mass is 10.1. The Hall–Kier alpha value is -3.08. The summed E-state index contributed by atoms with van der Waals surface area (Å²) in [6, 6.07) is 16.5. The topological polar surface area (TPSA) is 60.3 Å². The van der Waals surface area contributed by atoms with Gasteiger partial charge < -0.3 is 14.6 Å². The van der Waals surface area contributed by atoms with Gasteiger partial charge in [-0.15, -0.1) is 0 Å². The predicted molar refractivity (Wildman–Crippen MR) is 98.2 cm³/mol. The van der Waals surface area contributed by atoms with E-state index in [4.69, 9.17) is 4.74 Å². The smallest absolute Gasteiger partial charge is 0.252 e. The maximum absolute atomic E-state index is 12.6. The average molecular weight is 336 g/mol. The Kier molecular flexibility index (Phi) is 4.84. The lowest BCUT2D eigenvalue weighted by Gasteiger charge is -2.11. The average Bonchev–Trinajstić information content (AvgIpc) is 2.64. The van der Waals surface area contributed by atoms with Crippen LogP contribution in [0.25, 0.3) is 10.9 Å². The van der Waals surface area contributed by atoms with Crippen LogP contribution in [0.5, 0.6) is 5.75 Å². The highest BCUT2D eigenvalue weighted by molar-refractivity contribution is 6.06. The van der Waals surface area contributed by atoms with Crippen LogP contribution in [0.4, 0.5) is 0 Å². The third-order valence-electron chi connectivity index (χ3n) is 4.23. The van der Waals surface area contributed by atoms with Crippen LogP contribution >= 0.6 is 0 Å². The predicted octanol–water partition coefficient (Wildman–Crippen LogP) is 2.52. The van der Waals surface area contributed by atoms with Crippen molar-refractivity contribution in [2.45, 2.75) is 6.42 Å². The van der Waals surface area contributed by atoms with E-state index in [1.165, 1.54) is 6.07 Å². The van der Waals surface area contributed by atoms with Crippen molar-refractivity contribution in [3.8, 4) is 5.75 Å². The Morgan fingerprint density at radius 1 is 1.12 bits per heavy atom. The van der Waals surface area contributed by atoms with Crippen molar-refractivity contribution < 1.29 is 9.53 Å². The van der Waals surface area contributed by atoms with Crippen molar-refractivity contribution in [3.63, 3.8) is 0 Å². The Balaban J connectivity index is 1.77. The summed E-state index contributed by atoms with van der Waals surface area (Å²) >= 11 is 0. The van der Waals surface area contributed by atoms with Crippen LogP contribution in [0.3, 0.4) is 0 Å². The zero-order valence-electron chi connectivity index (χ0n) is 14.3. The summed E-state index contributed by atoms with van der Waals surface area (Å²) in [6.07, 6.45) is 0.686. The Morgan fingerprint density at radius 3 is 2.72 bits per heavy atom. The maximum Gasteiger partial charge on any atom is 0.252 e. The number of rotatable bonds is 5. The Labute approximate surface area is 145 Å². The highest BCUT2D eigenvalue weighted by atomic mass is 16.5. The molecule has 1 N–H and O–H groups in total. The summed E-state index contributed by atoms with van der Waals surface area (Å²) in [7, 11) is 3.33. The minimum absolute atomic E-state index is 0.198. The molecule has 25 heavy (non-hydrogen) atoms. The molecule has 128 valence electrons. The minimum Gasteiger partial charge on any atom is -0.497 e. The molecule has 1 aromatic heterocycles. The van der Waals surface area contributed by atoms with Gasteiger partial charge in [0.05, 0.1) is 18.2 Å². The number of hydrogen-bond acceptors (Lipinski definition) is 3. The number of aryl methyl sites for hydroxylation is 1. The number of fused-ring (bicyclic) bond motifs is 1. The molecule has 0 spiro atoms. The minimum atomic E-state index is -0.239. The van der Waals surface area contributed by atoms with Gasteiger partial charge in [-0.3, -0.25) is 9.59 Å². The molecule has 0 aliphatic heterocycles. The SMILES string of the molecule is COc1cccc(CCNC(=O)c2cc(=O)n(C)c3ccccc23)c1. The number of nitrogens with one attached hydrogen (secondary N) is 1. The molecule has 0 bridgehead atoms. The molecule has 3 aromatic rings. The van der Waals surface area contributed by atoms with Crippen molar-refractivity contribution in [2.75, 3.05) is 13.7 Å². The summed E-state index contributed by atoms with van der Waals surface area (Å²) in [5.74, 6) is 0.554. The third kappa shape index (κ3) is 3.55. The monoisotopic (exact) mass is 336 g/mol. The fraction of sp³-hybridized carbons (Fsp3) is 0.200. The van der Waals surface area contributed by atoms with E-state index in [-0.39, 0.29) is 11.5 Å². The molecule has 0 fully saturated rings. The maximum atomic E-state index is 12.6. The van der Waals surface area contributed by atoms with Crippen molar-refractivity contribution in [3.05, 3.63) is 76.1 Å². The summed E-state index contributed by atoms with van der Waals surface area (Å²) < 4.78 is 6.74. The number of ether oxygens (including phenoxy) is 1. The first-order valence-electron chi connectivity index (χ1n) is 8.10. The second-order valence-corrected chi connectivity index (χ2v) is 5.83. The number of amides is 1. The molecule has 3 rings (SSSR count). The Morgan fingerprint density at radius 2 is 1.92 bits per heavy atom. The van der Waals surface area contributed by atoms with E-state index in [0.29, 0.717) is 18.5 Å². The summed E-state index contributed by atoms with van der Waals surface area (Å²) in [6.45, 7) is 0.482. The van der Waals surface area contributed by atoms with Gasteiger partial charge in [-0.1, -0.05) is 30.3 Å². The van der Waals surface area contributed by atoms with Gasteiger partial charge in [0.25, 0.3) is 11.5 Å². The quantitative estimate of drug-likeness (QED) is 0.779. The highest BCUT2D eigenvalue weighted by Gasteiger charge is 2.12. The van der Waals surface area contributed by atoms with Crippen LogP contribution in [0.15, 0.2) is 59.4 Å². The number of carbonyl (C=O) groups excluding carboxylic acids is 1. The van der Waals surface area contributed by atoms with Crippen LogP contribution in [0.1, 0.15) is 15.9 Å². The van der Waals surface area contributed by atoms with Crippen molar-refractivity contribution in [2.24, 2.45) is 7.05 Å². The van der Waals surface area contributed by atoms with Gasteiger partial charge in [-0.25, -0.2) is 0 Å². The van der Waals surface area contributed by atoms with Gasteiger partial charge in [0.2, 0.25) is 0 Å². The molecular formula is C20H20N2O3. The summed E-state index contributed by atoms with van der Waals surface area (Å²) in [4.78, 5) is 24.6. The molecular weight excluding hydrogens is 316 g/mol. The number of benzene rings is 2. The number of methoxy groups -OCH3 is 1. The van der Waals surface area contributed by atoms with Crippen LogP contribution in [-0.4, -0.2) is 24.1 Å². The summed E-state index contributed by atoms with van der Waals surface area (Å²) in [5, 5.41) is 3.66. The molecule has 0 saturated heterocycles. The van der Waals surface area contributed by atoms with E-state index in [1.807, 2.05) is 48.5 Å². The number of para-hydroxylation sites is 1. The molecule has 5 heteroatoms. The fourth-order valence-corrected chi connectivity index (χ4v) is 2.84. The summed E-state index contributed by atoms with van der Waals surface area (Å²) in [5.41, 5.74) is 2.03. The second kappa shape index (κ2) is 7.21. The van der Waals surface area contributed by atoms with Crippen LogP contribution in [-0.2, 0) is 13.5 Å². The molecule has 0 atom stereocenters. The van der Waals surface area contributed by atoms with E-state index in [2.05, 4.69) is 5.32 Å². The normalized spacial score (nSPS) is 10.6. The Bertz CT molecular complexity index is 976. The molecule has 0 radical (unpaired) electrons. The molecule has 0 aliphatic carbocycles. The third-order valence-corrected chi connectivity index (χ3v) is 4.23. The van der Waals surface area contributed by atoms with E-state index < -0.39 is 0 Å². The molecule has 2 aromatic carbocycles. The first-order valence-corrected chi connectivity index (χ1v) is 8.10. The number of pyridine rings is 1. The van der Waals surface area contributed by atoms with Crippen molar-refractivity contribution >= 4 is 16.8 Å². The zero-order chi connectivity index (χ0) is 17.8. The number of nitrogens with zero attached hydrogens (tertiary/aromatic N) is 1. The lowest BCUT2D eigenvalue weighted by molar-refractivity contribution is 0.0955. The van der Waals surface area contributed by atoms with Crippen LogP contribution in [0.2, 0.25) is 0 Å². The molecule has 5 nitrogen and oxygen atoms in total. The number of carbonyl (C=O) groups is 1. The van der Waals surface area contributed by atoms with E-state index >= 15 is 0 Å². The highest BCUT2D eigenvalue weighted by Crippen LogP contribution is 2.16. The molecule has 0 saturated carbocycles. The molecule has 0 unspecified atom stereocenters. The number of hydrogen-bond donors (Lipinski definition) is 1. The first kappa shape index (κ1) is 16.8. The van der Waals surface area contributed by atoms with Crippen molar-refractivity contribution in [1.82, 2.24) is 9.88 Å². The second-order valence-electron chi connectivity index (χ2n) is 5.83. The van der Waals surface area contributed by atoms with Crippen LogP contribution in [0, 0.1) is 0 Å². The largest absolute Gasteiger partial charge is 0.497 e. The first-order chi connectivity index (χ1) is 12.1. The zero-order valence-corrected chi connectivity index (χ0v) is 14.3. The van der Waals surface area contributed by atoms with Gasteiger partial charge in [-0.05, 0) is 30.2 Å². The molecule has 1 heterocycles. The van der Waals surface area contributed by atoms with Crippen molar-refractivity contribution in [1.29, 1.82) is 0 Å². The van der Waals surface area contributed by atoms with Gasteiger partial charge in [0.1, 0.15) is 5.75 Å². The van der Waals surface area contributed by atoms with Gasteiger partial charge >= 0.3 is 0 Å². The number of aromatic nitrogens is 1. The van der Waals surface area contributed by atoms with E-state index in [0.717, 1.165) is 22.2 Å². The van der Waals surface area contributed by atoms with E-state index in [1.54, 1.807) is 18.7 Å². The molecule has 0 aliphatic rings. The van der Waals surface area contributed by atoms with Gasteiger partial charge in [0.15, 0.2) is 0 Å². The lowest BCUT2D eigenvalue weighted by Crippen LogP contribution is -2.28.